The maximum Gasteiger partial charge on any atom is 0.129 e. The molecule has 0 amide bonds. The highest BCUT2D eigenvalue weighted by molar-refractivity contribution is 5.34. The van der Waals surface area contributed by atoms with Gasteiger partial charge in [0, 0.05) is 11.6 Å². The molecule has 5 heteroatoms. The molecule has 0 saturated carbocycles. The summed E-state index contributed by atoms with van der Waals surface area (Å²) in [5.74, 6) is 5.13. The molecule has 3 nitrogen and oxygen atoms in total. The van der Waals surface area contributed by atoms with Gasteiger partial charge in [0.2, 0.25) is 0 Å². The number of methoxy groups -OCH3 is 1. The third-order valence-electron chi connectivity index (χ3n) is 3.41. The van der Waals surface area contributed by atoms with Gasteiger partial charge in [-0.3, -0.25) is 11.3 Å². The molecule has 0 aliphatic rings. The smallest absolute Gasteiger partial charge is 0.129 e. The van der Waals surface area contributed by atoms with Crippen LogP contribution < -0.4 is 16.0 Å². The van der Waals surface area contributed by atoms with Crippen molar-refractivity contribution in [2.45, 2.75) is 18.9 Å². The Bertz CT molecular complexity index is 584. The molecule has 0 saturated heterocycles. The van der Waals surface area contributed by atoms with Gasteiger partial charge >= 0.3 is 0 Å². The molecule has 2 aromatic carbocycles. The van der Waals surface area contributed by atoms with E-state index in [0.29, 0.717) is 6.42 Å². The summed E-state index contributed by atoms with van der Waals surface area (Å²) in [4.78, 5) is 0. The topological polar surface area (TPSA) is 47.3 Å². The second-order valence-electron chi connectivity index (χ2n) is 4.78. The summed E-state index contributed by atoms with van der Waals surface area (Å²) >= 11 is 0. The van der Waals surface area contributed by atoms with Gasteiger partial charge < -0.3 is 4.74 Å². The predicted octanol–water partition coefficient (Wildman–Crippen LogP) is 2.59. The number of hydrogen-bond donors (Lipinski definition) is 2. The van der Waals surface area contributed by atoms with Gasteiger partial charge in [-0.25, -0.2) is 8.78 Å². The van der Waals surface area contributed by atoms with Gasteiger partial charge in [0.05, 0.1) is 7.11 Å². The van der Waals surface area contributed by atoms with Crippen LogP contribution in [0.5, 0.6) is 5.75 Å². The summed E-state index contributed by atoms with van der Waals surface area (Å²) < 4.78 is 32.7. The van der Waals surface area contributed by atoms with E-state index in [1.165, 1.54) is 18.2 Å². The van der Waals surface area contributed by atoms with Gasteiger partial charge in [0.15, 0.2) is 0 Å². The van der Waals surface area contributed by atoms with Crippen LogP contribution in [0.1, 0.15) is 11.1 Å². The van der Waals surface area contributed by atoms with E-state index >= 15 is 0 Å². The number of benzene rings is 2. The van der Waals surface area contributed by atoms with Crippen molar-refractivity contribution in [1.29, 1.82) is 0 Å². The lowest BCUT2D eigenvalue weighted by atomic mass is 9.98. The molecule has 1 unspecified atom stereocenters. The summed E-state index contributed by atoms with van der Waals surface area (Å²) in [7, 11) is 1.58. The largest absolute Gasteiger partial charge is 0.496 e. The van der Waals surface area contributed by atoms with Crippen molar-refractivity contribution in [3.63, 3.8) is 0 Å². The Labute approximate surface area is 122 Å². The van der Waals surface area contributed by atoms with Crippen molar-refractivity contribution in [3.05, 3.63) is 65.2 Å². The molecule has 0 aromatic heterocycles. The number of ether oxygens (including phenoxy) is 1. The monoisotopic (exact) mass is 292 g/mol. The predicted molar refractivity (Wildman–Crippen MR) is 77.9 cm³/mol. The molecule has 0 spiro atoms. The lowest BCUT2D eigenvalue weighted by molar-refractivity contribution is 0.403. The highest BCUT2D eigenvalue weighted by Gasteiger charge is 2.16. The first-order valence-electron chi connectivity index (χ1n) is 6.66. The van der Waals surface area contributed by atoms with E-state index in [1.54, 1.807) is 7.11 Å². The molecule has 0 radical (unpaired) electrons. The molecule has 2 rings (SSSR count). The summed E-state index contributed by atoms with van der Waals surface area (Å²) in [6, 6.07) is 11.0. The second kappa shape index (κ2) is 7.15. The summed E-state index contributed by atoms with van der Waals surface area (Å²) in [5.41, 5.74) is 3.58. The fraction of sp³-hybridized carbons (Fsp3) is 0.250. The Kier molecular flexibility index (Phi) is 5.25. The van der Waals surface area contributed by atoms with Crippen molar-refractivity contribution in [2.75, 3.05) is 7.11 Å². The average Bonchev–Trinajstić information content (AvgIpc) is 2.50. The molecule has 1 atom stereocenters. The number of para-hydroxylation sites is 1. The van der Waals surface area contributed by atoms with Gasteiger partial charge in [0.25, 0.3) is 0 Å². The van der Waals surface area contributed by atoms with Crippen LogP contribution in [0.3, 0.4) is 0 Å². The van der Waals surface area contributed by atoms with Crippen LogP contribution in [0.2, 0.25) is 0 Å². The minimum absolute atomic E-state index is 0.0374. The van der Waals surface area contributed by atoms with Gasteiger partial charge in [-0.05, 0) is 36.6 Å². The summed E-state index contributed by atoms with van der Waals surface area (Å²) in [6.45, 7) is 0. The lowest BCUT2D eigenvalue weighted by Gasteiger charge is -2.18. The second-order valence-corrected chi connectivity index (χ2v) is 4.78. The van der Waals surface area contributed by atoms with Crippen molar-refractivity contribution in [3.8, 4) is 5.75 Å². The molecule has 0 fully saturated rings. The van der Waals surface area contributed by atoms with Crippen LogP contribution in [0, 0.1) is 11.6 Å². The fourth-order valence-electron chi connectivity index (χ4n) is 2.30. The minimum atomic E-state index is -0.560. The van der Waals surface area contributed by atoms with Gasteiger partial charge in [-0.2, -0.15) is 0 Å². The fourth-order valence-corrected chi connectivity index (χ4v) is 2.30. The van der Waals surface area contributed by atoms with E-state index in [4.69, 9.17) is 10.6 Å². The number of hydrogen-bond acceptors (Lipinski definition) is 3. The first-order chi connectivity index (χ1) is 10.2. The summed E-state index contributed by atoms with van der Waals surface area (Å²) in [6.07, 6.45) is 0.668. The number of nitrogens with two attached hydrogens (primary N) is 1. The van der Waals surface area contributed by atoms with Crippen LogP contribution in [0.25, 0.3) is 0 Å². The number of hydrazine groups is 1. The van der Waals surface area contributed by atoms with Crippen LogP contribution in [0.4, 0.5) is 8.78 Å². The standard InChI is InChI=1S/C16H18F2N2O/c1-21-16-8-3-2-5-11(16)9-12(20-19)10-13-14(17)6-4-7-15(13)18/h2-8,12,20H,9-10,19H2,1H3. The molecule has 0 heterocycles. The number of rotatable bonds is 6. The number of nitrogens with one attached hydrogen (secondary N) is 1. The maximum atomic E-state index is 13.7. The molecule has 0 aliphatic heterocycles. The third-order valence-corrected chi connectivity index (χ3v) is 3.41. The Balaban J connectivity index is 2.17. The van der Waals surface area contributed by atoms with Crippen molar-refractivity contribution in [1.82, 2.24) is 5.43 Å². The molecular formula is C16H18F2N2O. The van der Waals surface area contributed by atoms with E-state index in [1.807, 2.05) is 24.3 Å². The van der Waals surface area contributed by atoms with E-state index in [0.717, 1.165) is 11.3 Å². The summed E-state index contributed by atoms with van der Waals surface area (Å²) in [5, 5.41) is 0. The van der Waals surface area contributed by atoms with Crippen LogP contribution >= 0.6 is 0 Å². The Morgan fingerprint density at radius 1 is 1.05 bits per heavy atom. The maximum absolute atomic E-state index is 13.7. The zero-order valence-electron chi connectivity index (χ0n) is 11.8. The van der Waals surface area contributed by atoms with E-state index in [-0.39, 0.29) is 18.0 Å². The van der Waals surface area contributed by atoms with Crippen molar-refractivity contribution in [2.24, 2.45) is 5.84 Å². The molecule has 112 valence electrons. The minimum Gasteiger partial charge on any atom is -0.496 e. The van der Waals surface area contributed by atoms with Crippen molar-refractivity contribution >= 4 is 0 Å². The quantitative estimate of drug-likeness (QED) is 0.635. The lowest BCUT2D eigenvalue weighted by Crippen LogP contribution is -2.39. The van der Waals surface area contributed by atoms with E-state index in [2.05, 4.69) is 5.43 Å². The van der Waals surface area contributed by atoms with Crippen LogP contribution in [-0.2, 0) is 12.8 Å². The molecule has 2 aromatic rings. The average molecular weight is 292 g/mol. The third kappa shape index (κ3) is 3.77. The SMILES string of the molecule is COc1ccccc1CC(Cc1c(F)cccc1F)NN. The molecule has 3 N–H and O–H groups in total. The van der Waals surface area contributed by atoms with Crippen molar-refractivity contribution < 1.29 is 13.5 Å². The number of halogens is 2. The Morgan fingerprint density at radius 2 is 1.71 bits per heavy atom. The zero-order chi connectivity index (χ0) is 15.2. The Hall–Kier alpha value is -1.98. The molecule has 0 aliphatic carbocycles. The van der Waals surface area contributed by atoms with Gasteiger partial charge in [-0.1, -0.05) is 24.3 Å². The van der Waals surface area contributed by atoms with Crippen LogP contribution in [0.15, 0.2) is 42.5 Å². The Morgan fingerprint density at radius 3 is 2.33 bits per heavy atom. The highest BCUT2D eigenvalue weighted by Crippen LogP contribution is 2.21. The van der Waals surface area contributed by atoms with Gasteiger partial charge in [0.1, 0.15) is 17.4 Å². The normalized spacial score (nSPS) is 12.2. The van der Waals surface area contributed by atoms with E-state index in [9.17, 15) is 8.78 Å². The van der Waals surface area contributed by atoms with Crippen LogP contribution in [-0.4, -0.2) is 13.2 Å². The zero-order valence-corrected chi connectivity index (χ0v) is 11.8. The molecule has 0 bridgehead atoms. The van der Waals surface area contributed by atoms with Gasteiger partial charge in [-0.15, -0.1) is 0 Å². The van der Waals surface area contributed by atoms with E-state index < -0.39 is 11.6 Å². The molecular weight excluding hydrogens is 274 g/mol. The molecule has 21 heavy (non-hydrogen) atoms. The first kappa shape index (κ1) is 15.4. The highest BCUT2D eigenvalue weighted by atomic mass is 19.1. The first-order valence-corrected chi connectivity index (χ1v) is 6.66.